The third kappa shape index (κ3) is 12.5. The van der Waals surface area contributed by atoms with Gasteiger partial charge >= 0.3 is 0 Å². The highest BCUT2D eigenvalue weighted by Gasteiger charge is 2.29. The average Bonchev–Trinajstić information content (AvgIpc) is 1.54. The van der Waals surface area contributed by atoms with Gasteiger partial charge in [-0.3, -0.25) is 0 Å². The van der Waals surface area contributed by atoms with Crippen molar-refractivity contribution >= 4 is 174 Å². The van der Waals surface area contributed by atoms with Gasteiger partial charge in [0.2, 0.25) is 0 Å². The van der Waals surface area contributed by atoms with E-state index >= 15 is 0 Å². The molecule has 0 N–H and O–H groups in total. The number of anilines is 12. The first-order valence-electron chi connectivity index (χ1n) is 40.7. The van der Waals surface area contributed by atoms with Crippen LogP contribution in [0.3, 0.4) is 0 Å². The molecular formula is C106H90N4S2. The monoisotopic (exact) mass is 1480 g/mol. The SMILES string of the molecule is CC(C)c1ccc(N(c2ccccc2)c2cc3c(sc4cc(N(c5ccc(C(C)C)cc5)c5cccc(-c6ccc(N(c7ccc(C8CCCCC8)cc7)c7cc8c(sc9cc(N(c%10ccccc%10)c%10ccc(C%11CCCCC%11)cc%10)c%10ccccc%10c98)c8ccccc78)cc6)c5)c5ccccc5c43)c3ccccc23)cc1. The molecule has 0 amide bonds. The number of fused-ring (bicyclic) bond motifs is 14. The Bertz CT molecular complexity index is 6510. The van der Waals surface area contributed by atoms with Crippen molar-refractivity contribution in [3.8, 4) is 11.1 Å². The van der Waals surface area contributed by atoms with Crippen LogP contribution in [0.2, 0.25) is 0 Å². The highest BCUT2D eigenvalue weighted by Crippen LogP contribution is 2.55. The van der Waals surface area contributed by atoms with Gasteiger partial charge in [0, 0.05) is 118 Å². The first kappa shape index (κ1) is 69.4. The highest BCUT2D eigenvalue weighted by molar-refractivity contribution is 7.27. The Morgan fingerprint density at radius 1 is 0.241 bits per heavy atom. The maximum Gasteiger partial charge on any atom is 0.0554 e. The molecule has 18 aromatic rings. The molecule has 4 nitrogen and oxygen atoms in total. The van der Waals surface area contributed by atoms with Crippen LogP contribution >= 0.6 is 22.7 Å². The van der Waals surface area contributed by atoms with E-state index in [-0.39, 0.29) is 0 Å². The topological polar surface area (TPSA) is 13.0 Å². The zero-order valence-corrected chi connectivity index (χ0v) is 65.8. The van der Waals surface area contributed by atoms with E-state index in [2.05, 4.69) is 375 Å². The molecule has 0 spiro atoms. The van der Waals surface area contributed by atoms with Gasteiger partial charge in [-0.15, -0.1) is 22.7 Å². The molecule has 16 aromatic carbocycles. The second-order valence-electron chi connectivity index (χ2n) is 31.9. The molecular weight excluding hydrogens is 1390 g/mol. The highest BCUT2D eigenvalue weighted by atomic mass is 32.1. The van der Waals surface area contributed by atoms with E-state index in [1.807, 2.05) is 22.7 Å². The maximum atomic E-state index is 2.55. The van der Waals surface area contributed by atoms with Crippen LogP contribution < -0.4 is 19.6 Å². The zero-order valence-electron chi connectivity index (χ0n) is 64.2. The summed E-state index contributed by atoms with van der Waals surface area (Å²) < 4.78 is 5.13. The Balaban J connectivity index is 0.719. The quantitative estimate of drug-likeness (QED) is 0.0901. The first-order valence-corrected chi connectivity index (χ1v) is 42.3. The molecule has 2 fully saturated rings. The Labute approximate surface area is 665 Å². The number of para-hydroxylation sites is 2. The number of benzene rings is 16. The summed E-state index contributed by atoms with van der Waals surface area (Å²) in [5.41, 5.74) is 21.6. The molecule has 2 heterocycles. The van der Waals surface area contributed by atoms with Crippen molar-refractivity contribution in [1.29, 1.82) is 0 Å². The molecule has 0 unspecified atom stereocenters. The van der Waals surface area contributed by atoms with Crippen LogP contribution in [-0.2, 0) is 0 Å². The van der Waals surface area contributed by atoms with Crippen molar-refractivity contribution < 1.29 is 0 Å². The van der Waals surface area contributed by atoms with Crippen molar-refractivity contribution in [2.24, 2.45) is 0 Å². The largest absolute Gasteiger partial charge is 0.310 e. The van der Waals surface area contributed by atoms with Crippen LogP contribution in [0.25, 0.3) is 94.6 Å². The molecule has 112 heavy (non-hydrogen) atoms. The molecule has 0 bridgehead atoms. The first-order chi connectivity index (χ1) is 55.2. The van der Waals surface area contributed by atoms with Gasteiger partial charge in [-0.2, -0.15) is 0 Å². The van der Waals surface area contributed by atoms with E-state index in [0.717, 1.165) is 68.0 Å². The van der Waals surface area contributed by atoms with E-state index < -0.39 is 0 Å². The van der Waals surface area contributed by atoms with Gasteiger partial charge in [0.25, 0.3) is 0 Å². The van der Waals surface area contributed by atoms with E-state index in [1.165, 1.54) is 181 Å². The summed E-state index contributed by atoms with van der Waals surface area (Å²) in [4.78, 5) is 10.0. The third-order valence-electron chi connectivity index (χ3n) is 24.5. The van der Waals surface area contributed by atoms with Gasteiger partial charge in [-0.05, 0) is 215 Å². The lowest BCUT2D eigenvalue weighted by Crippen LogP contribution is -2.11. The molecule has 0 radical (unpaired) electrons. The van der Waals surface area contributed by atoms with Crippen molar-refractivity contribution in [3.05, 3.63) is 350 Å². The smallest absolute Gasteiger partial charge is 0.0554 e. The fourth-order valence-corrected chi connectivity index (χ4v) is 21.3. The van der Waals surface area contributed by atoms with Crippen LogP contribution in [0.1, 0.15) is 138 Å². The summed E-state index contributed by atoms with van der Waals surface area (Å²) in [7, 11) is 0. The van der Waals surface area contributed by atoms with Crippen molar-refractivity contribution in [3.63, 3.8) is 0 Å². The molecule has 546 valence electrons. The van der Waals surface area contributed by atoms with Crippen molar-refractivity contribution in [2.45, 2.75) is 116 Å². The number of hydrogen-bond acceptors (Lipinski definition) is 6. The maximum absolute atomic E-state index is 2.55. The number of nitrogens with zero attached hydrogens (tertiary/aromatic N) is 4. The summed E-state index contributed by atoms with van der Waals surface area (Å²) in [5, 5.41) is 15.0. The van der Waals surface area contributed by atoms with Gasteiger partial charge in [-0.25, -0.2) is 0 Å². The predicted molar refractivity (Wildman–Crippen MR) is 486 cm³/mol. The molecule has 2 aromatic heterocycles. The number of hydrogen-bond donors (Lipinski definition) is 0. The lowest BCUT2D eigenvalue weighted by atomic mass is 9.84. The van der Waals surface area contributed by atoms with Gasteiger partial charge in [0.15, 0.2) is 0 Å². The second kappa shape index (κ2) is 29.5. The Morgan fingerprint density at radius 3 is 0.929 bits per heavy atom. The normalized spacial score (nSPS) is 13.8. The van der Waals surface area contributed by atoms with Crippen LogP contribution in [0.4, 0.5) is 68.2 Å². The summed E-state index contributed by atoms with van der Waals surface area (Å²) in [5.74, 6) is 2.06. The van der Waals surface area contributed by atoms with Crippen LogP contribution in [0, 0.1) is 0 Å². The molecule has 2 saturated carbocycles. The Morgan fingerprint density at radius 2 is 0.545 bits per heavy atom. The summed E-state index contributed by atoms with van der Waals surface area (Å²) in [6, 6.07) is 125. The van der Waals surface area contributed by atoms with Crippen molar-refractivity contribution in [1.82, 2.24) is 0 Å². The van der Waals surface area contributed by atoms with E-state index in [0.29, 0.717) is 23.7 Å². The lowest BCUT2D eigenvalue weighted by molar-refractivity contribution is 0.443. The molecule has 0 atom stereocenters. The number of thiophene rings is 2. The average molecular weight is 1480 g/mol. The summed E-state index contributed by atoms with van der Waals surface area (Å²) in [6.45, 7) is 9.11. The van der Waals surface area contributed by atoms with Crippen LogP contribution in [0.5, 0.6) is 0 Å². The van der Waals surface area contributed by atoms with E-state index in [9.17, 15) is 0 Å². The minimum atomic E-state index is 0.390. The lowest BCUT2D eigenvalue weighted by Gasteiger charge is -2.29. The Kier molecular flexibility index (Phi) is 18.3. The summed E-state index contributed by atoms with van der Waals surface area (Å²) in [6.07, 6.45) is 13.0. The molecule has 2 aliphatic rings. The van der Waals surface area contributed by atoms with Gasteiger partial charge < -0.3 is 19.6 Å². The predicted octanol–water partition coefficient (Wildman–Crippen LogP) is 32.9. The standard InChI is InChI=1S/C106H90N4S2/c1-69(2)71-44-54-81(55-45-71)107(79-31-13-7-14-32-79)97-65-95-104-92-41-22-18-37-88(92)100(68-102(104)112-105(95)93-42-23-19-38-89(93)97)110(85-56-46-72(47-57-85)70(3)4)86-35-25-30-78(64-86)77-52-62-84(63-53-77)109(83-60-50-76(51-61-83)74-28-11-6-12-29-74)98-66-96-103-91-40-21-17-36-87(91)99(67-101(103)111-106(96)94-43-24-20-39-90(94)98)108(80-33-15-8-16-34-80)82-58-48-75(49-59-82)73-26-9-5-10-27-73/h7-8,13-25,30-70,73-74H,5-6,9-12,26-29H2,1-4H3. The van der Waals surface area contributed by atoms with Crippen molar-refractivity contribution in [2.75, 3.05) is 19.6 Å². The molecule has 0 saturated heterocycles. The van der Waals surface area contributed by atoms with Gasteiger partial charge in [0.1, 0.15) is 0 Å². The minimum absolute atomic E-state index is 0.390. The Hall–Kier alpha value is -11.8. The summed E-state index contributed by atoms with van der Waals surface area (Å²) >= 11 is 3.85. The number of rotatable bonds is 17. The molecule has 2 aliphatic carbocycles. The van der Waals surface area contributed by atoms with Crippen LogP contribution in [0.15, 0.2) is 328 Å². The van der Waals surface area contributed by atoms with Gasteiger partial charge in [-0.1, -0.05) is 272 Å². The fraction of sp³-hybridized carbons (Fsp3) is 0.170. The second-order valence-corrected chi connectivity index (χ2v) is 34.0. The minimum Gasteiger partial charge on any atom is -0.310 e. The zero-order chi connectivity index (χ0) is 74.9. The van der Waals surface area contributed by atoms with Crippen LogP contribution in [-0.4, -0.2) is 0 Å². The molecule has 0 aliphatic heterocycles. The molecule has 6 heteroatoms. The third-order valence-corrected chi connectivity index (χ3v) is 26.9. The fourth-order valence-electron chi connectivity index (χ4n) is 18.8. The van der Waals surface area contributed by atoms with E-state index in [4.69, 9.17) is 0 Å². The van der Waals surface area contributed by atoms with Gasteiger partial charge in [0.05, 0.1) is 22.7 Å². The van der Waals surface area contributed by atoms with E-state index in [1.54, 1.807) is 0 Å². The molecule has 20 rings (SSSR count).